The Morgan fingerprint density at radius 3 is 2.37 bits per heavy atom. The molecule has 1 heterocycles. The number of H-pyrrole nitrogens is 1. The average Bonchev–Trinajstić information content (AvgIpc) is 2.83. The van der Waals surface area contributed by atoms with Gasteiger partial charge < -0.3 is 9.72 Å². The highest BCUT2D eigenvalue weighted by atomic mass is 79.9. The Labute approximate surface area is 166 Å². The number of carbonyl (C=O) groups is 1. The third kappa shape index (κ3) is 4.25. The summed E-state index contributed by atoms with van der Waals surface area (Å²) in [6.45, 7) is 2.92. The van der Waals surface area contributed by atoms with Gasteiger partial charge in [-0.3, -0.25) is 4.72 Å². The summed E-state index contributed by atoms with van der Waals surface area (Å²) in [6.07, 6.45) is -4.70. The fraction of sp³-hybridized carbons (Fsp3) is 0.267. The van der Waals surface area contributed by atoms with Gasteiger partial charge in [0.1, 0.15) is 10.5 Å². The van der Waals surface area contributed by atoms with Crippen molar-refractivity contribution in [3.05, 3.63) is 44.1 Å². The molecule has 0 bridgehead atoms. The maximum atomic E-state index is 12.9. The Bertz CT molecular complexity index is 1020. The van der Waals surface area contributed by atoms with Gasteiger partial charge in [-0.1, -0.05) is 11.6 Å². The summed E-state index contributed by atoms with van der Waals surface area (Å²) in [5.41, 5.74) is -1.11. The van der Waals surface area contributed by atoms with Crippen molar-refractivity contribution in [2.75, 3.05) is 11.8 Å². The van der Waals surface area contributed by atoms with Crippen LogP contribution in [0.2, 0.25) is 5.02 Å². The van der Waals surface area contributed by atoms with Crippen LogP contribution in [0.25, 0.3) is 0 Å². The van der Waals surface area contributed by atoms with E-state index in [1.165, 1.54) is 13.8 Å². The highest BCUT2D eigenvalue weighted by Crippen LogP contribution is 2.40. The first kappa shape index (κ1) is 21.6. The largest absolute Gasteiger partial charge is 0.465 e. The lowest BCUT2D eigenvalue weighted by Crippen LogP contribution is -2.18. The molecule has 148 valence electrons. The second-order valence-corrected chi connectivity index (χ2v) is 8.37. The molecule has 0 amide bonds. The zero-order valence-electron chi connectivity index (χ0n) is 14.1. The topological polar surface area (TPSA) is 88.3 Å². The van der Waals surface area contributed by atoms with E-state index in [9.17, 15) is 26.4 Å². The van der Waals surface area contributed by atoms with Gasteiger partial charge in [0.25, 0.3) is 10.0 Å². The van der Waals surface area contributed by atoms with E-state index in [0.29, 0.717) is 6.07 Å². The minimum absolute atomic E-state index is 0.162. The molecule has 0 aliphatic carbocycles. The maximum absolute atomic E-state index is 12.9. The van der Waals surface area contributed by atoms with Crippen molar-refractivity contribution in [1.82, 2.24) is 4.98 Å². The first-order chi connectivity index (χ1) is 12.3. The van der Waals surface area contributed by atoms with Crippen molar-refractivity contribution in [3.8, 4) is 0 Å². The summed E-state index contributed by atoms with van der Waals surface area (Å²) < 4.78 is 70.9. The van der Waals surface area contributed by atoms with Gasteiger partial charge in [-0.15, -0.1) is 0 Å². The molecule has 2 rings (SSSR count). The van der Waals surface area contributed by atoms with Crippen molar-refractivity contribution in [3.63, 3.8) is 0 Å². The van der Waals surface area contributed by atoms with Crippen LogP contribution in [0, 0.1) is 13.8 Å². The number of sulfonamides is 1. The second kappa shape index (κ2) is 7.36. The third-order valence-electron chi connectivity index (χ3n) is 3.58. The Morgan fingerprint density at radius 2 is 1.85 bits per heavy atom. The van der Waals surface area contributed by atoms with E-state index in [1.54, 1.807) is 0 Å². The Morgan fingerprint density at radius 1 is 1.26 bits per heavy atom. The average molecular weight is 490 g/mol. The van der Waals surface area contributed by atoms with Gasteiger partial charge in [0, 0.05) is 15.9 Å². The highest BCUT2D eigenvalue weighted by molar-refractivity contribution is 9.10. The number of ether oxygens (including phenoxy) is 1. The highest BCUT2D eigenvalue weighted by Gasteiger charge is 2.35. The van der Waals surface area contributed by atoms with Crippen LogP contribution in [0.15, 0.2) is 21.5 Å². The number of nitrogens with one attached hydrogen (secondary N) is 2. The van der Waals surface area contributed by atoms with Crippen molar-refractivity contribution in [2.24, 2.45) is 0 Å². The molecule has 12 heteroatoms. The lowest BCUT2D eigenvalue weighted by atomic mass is 10.2. The Balaban J connectivity index is 2.56. The Hall–Kier alpha value is -1.72. The monoisotopic (exact) mass is 488 g/mol. The minimum Gasteiger partial charge on any atom is -0.465 e. The smallest absolute Gasteiger partial charge is 0.417 e. The fourth-order valence-corrected chi connectivity index (χ4v) is 4.84. The van der Waals surface area contributed by atoms with E-state index in [1.807, 2.05) is 0 Å². The van der Waals surface area contributed by atoms with Crippen LogP contribution in [0.4, 0.5) is 18.9 Å². The number of aryl methyl sites for hydroxylation is 2. The fourth-order valence-electron chi connectivity index (χ4n) is 2.48. The molecule has 0 fully saturated rings. The van der Waals surface area contributed by atoms with Crippen molar-refractivity contribution < 1.29 is 31.1 Å². The van der Waals surface area contributed by atoms with Crippen molar-refractivity contribution in [1.29, 1.82) is 0 Å². The zero-order valence-corrected chi connectivity index (χ0v) is 17.2. The van der Waals surface area contributed by atoms with Gasteiger partial charge in [-0.25, -0.2) is 13.2 Å². The van der Waals surface area contributed by atoms with E-state index in [4.69, 9.17) is 11.6 Å². The summed E-state index contributed by atoms with van der Waals surface area (Å²) >= 11 is 8.54. The van der Waals surface area contributed by atoms with E-state index in [2.05, 4.69) is 30.4 Å². The van der Waals surface area contributed by atoms with Gasteiger partial charge in [-0.2, -0.15) is 13.2 Å². The molecule has 2 aromatic rings. The molecule has 6 nitrogen and oxygen atoms in total. The molecule has 2 N–H and O–H groups in total. The molecule has 0 aliphatic rings. The molecule has 0 atom stereocenters. The molecule has 1 aromatic heterocycles. The molecule has 0 radical (unpaired) electrons. The first-order valence-electron chi connectivity index (χ1n) is 7.16. The molecule has 0 unspecified atom stereocenters. The number of carbonyl (C=O) groups excluding carboxylic acids is 1. The lowest BCUT2D eigenvalue weighted by molar-refractivity contribution is -0.137. The van der Waals surface area contributed by atoms with Gasteiger partial charge in [0.2, 0.25) is 0 Å². The van der Waals surface area contributed by atoms with Gasteiger partial charge in [0.05, 0.1) is 23.4 Å². The van der Waals surface area contributed by atoms with Crippen LogP contribution in [0.3, 0.4) is 0 Å². The summed E-state index contributed by atoms with van der Waals surface area (Å²) in [5, 5.41) is -0.682. The van der Waals surface area contributed by atoms with Crippen LogP contribution in [-0.2, 0) is 20.9 Å². The number of methoxy groups -OCH3 is 1. The molecule has 0 spiro atoms. The number of hydrogen-bond acceptors (Lipinski definition) is 4. The summed E-state index contributed by atoms with van der Waals surface area (Å²) in [5.74, 6) is -0.873. The van der Waals surface area contributed by atoms with Crippen LogP contribution < -0.4 is 4.72 Å². The second-order valence-electron chi connectivity index (χ2n) is 5.49. The molecular weight excluding hydrogens is 477 g/mol. The lowest BCUT2D eigenvalue weighted by Gasteiger charge is -2.15. The quantitative estimate of drug-likeness (QED) is 0.612. The number of aromatic amines is 1. The molecule has 27 heavy (non-hydrogen) atoms. The number of halogens is 5. The number of hydrogen-bond donors (Lipinski definition) is 2. The number of aromatic nitrogens is 1. The number of benzene rings is 1. The standard InChI is InChI=1S/C15H13BrClF3N2O4S/c1-6-12(14(23)26-3)13(7(2)21-6)27(24,25)22-11-5-10(17)8(4-9(11)16)15(18,19)20/h4-5,21-22H,1-3H3. The molecule has 1 aromatic carbocycles. The molecule has 0 aliphatic heterocycles. The van der Waals surface area contributed by atoms with E-state index in [-0.39, 0.29) is 32.0 Å². The SMILES string of the molecule is COC(=O)c1c(C)[nH]c(C)c1S(=O)(=O)Nc1cc(Cl)c(C(F)(F)F)cc1Br. The van der Waals surface area contributed by atoms with Crippen LogP contribution in [0.5, 0.6) is 0 Å². The van der Waals surface area contributed by atoms with E-state index in [0.717, 1.165) is 13.2 Å². The van der Waals surface area contributed by atoms with Gasteiger partial charge in [-0.05, 0) is 41.9 Å². The normalized spacial score (nSPS) is 12.1. The van der Waals surface area contributed by atoms with Crippen molar-refractivity contribution in [2.45, 2.75) is 24.9 Å². The molecule has 0 saturated heterocycles. The van der Waals surface area contributed by atoms with Crippen LogP contribution >= 0.6 is 27.5 Å². The number of alkyl halides is 3. The van der Waals surface area contributed by atoms with Gasteiger partial charge >= 0.3 is 12.1 Å². The van der Waals surface area contributed by atoms with E-state index >= 15 is 0 Å². The summed E-state index contributed by atoms with van der Waals surface area (Å²) in [6, 6.07) is 1.50. The minimum atomic E-state index is -4.70. The predicted molar refractivity (Wildman–Crippen MR) is 96.6 cm³/mol. The first-order valence-corrected chi connectivity index (χ1v) is 9.81. The molecule has 0 saturated carbocycles. The zero-order chi connectivity index (χ0) is 20.7. The van der Waals surface area contributed by atoms with Crippen LogP contribution in [-0.4, -0.2) is 26.5 Å². The molecular formula is C15H13BrClF3N2O4S. The summed E-state index contributed by atoms with van der Waals surface area (Å²) in [7, 11) is -3.25. The van der Waals surface area contributed by atoms with Crippen molar-refractivity contribution >= 4 is 49.2 Å². The number of rotatable bonds is 4. The van der Waals surface area contributed by atoms with Gasteiger partial charge in [0.15, 0.2) is 0 Å². The number of anilines is 1. The summed E-state index contributed by atoms with van der Waals surface area (Å²) in [4.78, 5) is 14.3. The number of esters is 1. The Kier molecular flexibility index (Phi) is 5.88. The third-order valence-corrected chi connectivity index (χ3v) is 6.09. The van der Waals surface area contributed by atoms with Crippen LogP contribution in [0.1, 0.15) is 27.3 Å². The predicted octanol–water partition coefficient (Wildman–Crippen LogP) is 4.65. The maximum Gasteiger partial charge on any atom is 0.417 e. The van der Waals surface area contributed by atoms with E-state index < -0.39 is 32.8 Å².